The summed E-state index contributed by atoms with van der Waals surface area (Å²) in [6.45, 7) is 0.742. The van der Waals surface area contributed by atoms with Gasteiger partial charge in [0, 0.05) is 43.5 Å². The molecule has 1 aliphatic heterocycles. The molecule has 1 aromatic heterocycles. The van der Waals surface area contributed by atoms with Crippen molar-refractivity contribution in [3.63, 3.8) is 0 Å². The van der Waals surface area contributed by atoms with E-state index in [1.807, 2.05) is 0 Å². The van der Waals surface area contributed by atoms with E-state index in [-0.39, 0.29) is 25.2 Å². The Hall–Kier alpha value is -2.71. The van der Waals surface area contributed by atoms with Gasteiger partial charge in [-0.3, -0.25) is 9.59 Å². The molecule has 3 N–H and O–H groups in total. The molecule has 7 nitrogen and oxygen atoms in total. The topological polar surface area (TPSA) is 94.7 Å². The Morgan fingerprint density at radius 2 is 2.14 bits per heavy atom. The molecule has 1 atom stereocenters. The van der Waals surface area contributed by atoms with Crippen molar-refractivity contribution < 1.29 is 19.0 Å². The zero-order chi connectivity index (χ0) is 20.1. The van der Waals surface area contributed by atoms with Crippen LogP contribution in [0.1, 0.15) is 24.0 Å². The van der Waals surface area contributed by atoms with Crippen molar-refractivity contribution in [2.45, 2.75) is 31.5 Å². The number of nitrogens with zero attached hydrogens (tertiary/aromatic N) is 1. The third-order valence-corrected chi connectivity index (χ3v) is 4.95. The van der Waals surface area contributed by atoms with Gasteiger partial charge in [-0.2, -0.15) is 0 Å². The van der Waals surface area contributed by atoms with Gasteiger partial charge in [0.25, 0.3) is 11.5 Å². The Kier molecular flexibility index (Phi) is 6.11. The van der Waals surface area contributed by atoms with Gasteiger partial charge in [-0.05, 0) is 37.1 Å². The van der Waals surface area contributed by atoms with Gasteiger partial charge in [-0.25, -0.2) is 4.39 Å². The molecule has 28 heavy (non-hydrogen) atoms. The van der Waals surface area contributed by atoms with Crippen LogP contribution in [0.15, 0.2) is 41.3 Å². The molecule has 1 amide bonds. The number of rotatable bonds is 7. The quantitative estimate of drug-likeness (QED) is 0.661. The van der Waals surface area contributed by atoms with Crippen LogP contribution in [0.25, 0.3) is 0 Å². The average Bonchev–Trinajstić information content (AvgIpc) is 2.69. The van der Waals surface area contributed by atoms with Crippen LogP contribution in [0.2, 0.25) is 0 Å². The van der Waals surface area contributed by atoms with Gasteiger partial charge in [-0.15, -0.1) is 0 Å². The number of aromatic amines is 1. The van der Waals surface area contributed by atoms with Gasteiger partial charge in [-0.1, -0.05) is 6.07 Å². The molecule has 150 valence electrons. The van der Waals surface area contributed by atoms with Crippen molar-refractivity contribution in [1.82, 2.24) is 15.2 Å². The smallest absolute Gasteiger partial charge is 0.256 e. The van der Waals surface area contributed by atoms with Crippen LogP contribution in [0.3, 0.4) is 0 Å². The van der Waals surface area contributed by atoms with E-state index in [9.17, 15) is 19.1 Å². The summed E-state index contributed by atoms with van der Waals surface area (Å²) in [6.07, 6.45) is 2.45. The minimum Gasteiger partial charge on any atom is -0.497 e. The van der Waals surface area contributed by atoms with Crippen molar-refractivity contribution >= 4 is 5.91 Å². The van der Waals surface area contributed by atoms with E-state index >= 15 is 0 Å². The summed E-state index contributed by atoms with van der Waals surface area (Å²) in [5.41, 5.74) is -0.952. The van der Waals surface area contributed by atoms with Crippen LogP contribution < -0.4 is 15.6 Å². The molecule has 1 aromatic carbocycles. The Morgan fingerprint density at radius 3 is 2.89 bits per heavy atom. The maximum absolute atomic E-state index is 14.1. The zero-order valence-corrected chi connectivity index (χ0v) is 15.7. The normalized spacial score (nSPS) is 19.7. The SMILES string of the molecule is COc1ccc(F)c(CN2CCC[C@@](O)(CNCc3ccc[nH]c3=O)C2=O)c1. The lowest BCUT2D eigenvalue weighted by molar-refractivity contribution is -0.157. The Bertz CT molecular complexity index is 901. The molecule has 2 heterocycles. The van der Waals surface area contributed by atoms with Gasteiger partial charge >= 0.3 is 0 Å². The number of aromatic nitrogens is 1. The zero-order valence-electron chi connectivity index (χ0n) is 15.7. The van der Waals surface area contributed by atoms with Gasteiger partial charge in [0.15, 0.2) is 5.60 Å². The number of ether oxygens (including phenoxy) is 1. The summed E-state index contributed by atoms with van der Waals surface area (Å²) >= 11 is 0. The van der Waals surface area contributed by atoms with Crippen LogP contribution >= 0.6 is 0 Å². The number of carbonyl (C=O) groups excluding carboxylic acids is 1. The number of hydrogen-bond acceptors (Lipinski definition) is 5. The summed E-state index contributed by atoms with van der Waals surface area (Å²) in [6, 6.07) is 7.76. The van der Waals surface area contributed by atoms with E-state index in [2.05, 4.69) is 10.3 Å². The molecule has 0 aliphatic carbocycles. The highest BCUT2D eigenvalue weighted by Gasteiger charge is 2.41. The monoisotopic (exact) mass is 389 g/mol. The van der Waals surface area contributed by atoms with E-state index in [1.54, 1.807) is 24.4 Å². The number of H-pyrrole nitrogens is 1. The lowest BCUT2D eigenvalue weighted by atomic mass is 9.91. The summed E-state index contributed by atoms with van der Waals surface area (Å²) in [5.74, 6) is -0.370. The molecule has 0 saturated carbocycles. The first-order chi connectivity index (χ1) is 13.4. The highest BCUT2D eigenvalue weighted by molar-refractivity contribution is 5.86. The predicted molar refractivity (Wildman–Crippen MR) is 101 cm³/mol. The Morgan fingerprint density at radius 1 is 1.32 bits per heavy atom. The number of amides is 1. The standard InChI is InChI=1S/C20H24FN3O4/c1-28-16-5-6-17(21)15(10-16)12-24-9-3-7-20(27,19(24)26)13-22-11-14-4-2-8-23-18(14)25/h2,4-6,8,10,22,27H,3,7,9,11-13H2,1H3,(H,23,25)/t20-/m1/s1. The fourth-order valence-electron chi connectivity index (χ4n) is 3.38. The summed E-state index contributed by atoms with van der Waals surface area (Å²) in [4.78, 5) is 28.6. The lowest BCUT2D eigenvalue weighted by Gasteiger charge is -2.38. The van der Waals surface area contributed by atoms with E-state index in [4.69, 9.17) is 4.74 Å². The molecule has 1 saturated heterocycles. The Balaban J connectivity index is 1.65. The number of likely N-dealkylation sites (tertiary alicyclic amines) is 1. The second kappa shape index (κ2) is 8.53. The second-order valence-corrected chi connectivity index (χ2v) is 6.95. The maximum Gasteiger partial charge on any atom is 0.256 e. The van der Waals surface area contributed by atoms with Crippen LogP contribution in [0.4, 0.5) is 4.39 Å². The summed E-state index contributed by atoms with van der Waals surface area (Å²) in [7, 11) is 1.49. The number of hydrogen-bond donors (Lipinski definition) is 3. The van der Waals surface area contributed by atoms with Crippen LogP contribution in [0, 0.1) is 5.82 Å². The van der Waals surface area contributed by atoms with E-state index in [1.165, 1.54) is 24.1 Å². The average molecular weight is 389 g/mol. The molecule has 2 aromatic rings. The molecule has 0 spiro atoms. The first kappa shape index (κ1) is 20.0. The van der Waals surface area contributed by atoms with Crippen molar-refractivity contribution in [3.8, 4) is 5.75 Å². The van der Waals surface area contributed by atoms with Crippen molar-refractivity contribution in [2.24, 2.45) is 0 Å². The number of nitrogens with one attached hydrogen (secondary N) is 2. The van der Waals surface area contributed by atoms with Gasteiger partial charge < -0.3 is 25.0 Å². The summed E-state index contributed by atoms with van der Waals surface area (Å²) in [5, 5.41) is 13.8. The van der Waals surface area contributed by atoms with E-state index in [0.29, 0.717) is 36.3 Å². The third-order valence-electron chi connectivity index (χ3n) is 4.95. The van der Waals surface area contributed by atoms with Crippen LogP contribution in [0.5, 0.6) is 5.75 Å². The molecule has 3 rings (SSSR count). The predicted octanol–water partition coefficient (Wildman–Crippen LogP) is 1.17. The molecular weight excluding hydrogens is 365 g/mol. The fraction of sp³-hybridized carbons (Fsp3) is 0.400. The molecular formula is C20H24FN3O4. The van der Waals surface area contributed by atoms with Crippen LogP contribution in [-0.2, 0) is 17.9 Å². The van der Waals surface area contributed by atoms with E-state index in [0.717, 1.165) is 0 Å². The van der Waals surface area contributed by atoms with Gasteiger partial charge in [0.05, 0.1) is 7.11 Å². The number of benzene rings is 1. The molecule has 1 aliphatic rings. The molecule has 0 bridgehead atoms. The van der Waals surface area contributed by atoms with Crippen LogP contribution in [-0.4, -0.2) is 46.7 Å². The first-order valence-electron chi connectivity index (χ1n) is 9.14. The van der Waals surface area contributed by atoms with E-state index < -0.39 is 17.3 Å². The van der Waals surface area contributed by atoms with Crippen molar-refractivity contribution in [2.75, 3.05) is 20.2 Å². The first-order valence-corrected chi connectivity index (χ1v) is 9.14. The van der Waals surface area contributed by atoms with Crippen molar-refractivity contribution in [1.29, 1.82) is 0 Å². The Labute approximate surface area is 162 Å². The highest BCUT2D eigenvalue weighted by atomic mass is 19.1. The second-order valence-electron chi connectivity index (χ2n) is 6.95. The van der Waals surface area contributed by atoms with Gasteiger partial charge in [0.2, 0.25) is 0 Å². The molecule has 8 heteroatoms. The number of pyridine rings is 1. The highest BCUT2D eigenvalue weighted by Crippen LogP contribution is 2.25. The fourth-order valence-corrected chi connectivity index (χ4v) is 3.38. The number of carbonyl (C=O) groups is 1. The molecule has 1 fully saturated rings. The number of piperidine rings is 1. The molecule has 0 unspecified atom stereocenters. The number of halogens is 1. The third kappa shape index (κ3) is 4.40. The minimum absolute atomic E-state index is 0.0112. The summed E-state index contributed by atoms with van der Waals surface area (Å²) < 4.78 is 19.2. The minimum atomic E-state index is -1.59. The number of aliphatic hydroxyl groups is 1. The largest absolute Gasteiger partial charge is 0.497 e. The van der Waals surface area contributed by atoms with Crippen molar-refractivity contribution in [3.05, 3.63) is 63.8 Å². The lowest BCUT2D eigenvalue weighted by Crippen LogP contribution is -2.57. The van der Waals surface area contributed by atoms with Gasteiger partial charge in [0.1, 0.15) is 11.6 Å². The maximum atomic E-state index is 14.1. The number of methoxy groups -OCH3 is 1. The molecule has 0 radical (unpaired) electrons.